The Balaban J connectivity index is 1.44. The van der Waals surface area contributed by atoms with Crippen LogP contribution in [0.3, 0.4) is 0 Å². The third-order valence-electron chi connectivity index (χ3n) is 4.38. The lowest BCUT2D eigenvalue weighted by Gasteiger charge is -2.33. The summed E-state index contributed by atoms with van der Waals surface area (Å²) >= 11 is 0. The van der Waals surface area contributed by atoms with Gasteiger partial charge in [-0.05, 0) is 31.0 Å². The zero-order valence-electron chi connectivity index (χ0n) is 13.5. The molecule has 1 aromatic carbocycles. The highest BCUT2D eigenvalue weighted by molar-refractivity contribution is 5.95. The lowest BCUT2D eigenvalue weighted by Crippen LogP contribution is -2.49. The first-order valence-corrected chi connectivity index (χ1v) is 8.20. The number of ether oxygens (including phenoxy) is 2. The van der Waals surface area contributed by atoms with E-state index in [9.17, 15) is 9.59 Å². The van der Waals surface area contributed by atoms with Crippen molar-refractivity contribution in [2.45, 2.75) is 18.9 Å². The van der Waals surface area contributed by atoms with Crippen molar-refractivity contribution in [3.05, 3.63) is 46.5 Å². The van der Waals surface area contributed by atoms with Gasteiger partial charge in [0.05, 0.1) is 0 Å². The fraction of sp³-hybridized carbons (Fsp3) is 0.353. The monoisotopic (exact) mass is 342 g/mol. The molecule has 8 nitrogen and oxygen atoms in total. The Hall–Kier alpha value is -3.03. The van der Waals surface area contributed by atoms with Crippen molar-refractivity contribution in [1.29, 1.82) is 0 Å². The molecule has 1 saturated heterocycles. The highest BCUT2D eigenvalue weighted by Gasteiger charge is 2.25. The van der Waals surface area contributed by atoms with Crippen LogP contribution in [0.25, 0.3) is 0 Å². The normalized spacial score (nSPS) is 18.9. The largest absolute Gasteiger partial charge is 0.454 e. The molecule has 0 unspecified atom stereocenters. The Bertz CT molecular complexity index is 851. The van der Waals surface area contributed by atoms with Crippen molar-refractivity contribution in [2.24, 2.45) is 0 Å². The van der Waals surface area contributed by atoms with Gasteiger partial charge in [-0.15, -0.1) is 0 Å². The average molecular weight is 342 g/mol. The Morgan fingerprint density at radius 3 is 3.08 bits per heavy atom. The molecule has 1 aromatic heterocycles. The molecular weight excluding hydrogens is 324 g/mol. The van der Waals surface area contributed by atoms with Gasteiger partial charge in [-0.25, -0.2) is 4.98 Å². The molecule has 1 fully saturated rings. The summed E-state index contributed by atoms with van der Waals surface area (Å²) in [5, 5.41) is 3.03. The van der Waals surface area contributed by atoms with Crippen molar-refractivity contribution >= 4 is 11.7 Å². The number of anilines is 1. The Morgan fingerprint density at radius 1 is 1.32 bits per heavy atom. The molecule has 2 aliphatic rings. The molecule has 1 amide bonds. The quantitative estimate of drug-likeness (QED) is 0.860. The summed E-state index contributed by atoms with van der Waals surface area (Å²) in [6.45, 7) is 1.48. The number of rotatable bonds is 3. The summed E-state index contributed by atoms with van der Waals surface area (Å²) in [5.41, 5.74) is 0.308. The first kappa shape index (κ1) is 15.5. The second kappa shape index (κ2) is 6.46. The summed E-state index contributed by atoms with van der Waals surface area (Å²) in [5.74, 6) is 1.46. The van der Waals surface area contributed by atoms with Crippen LogP contribution in [0, 0.1) is 0 Å². The van der Waals surface area contributed by atoms with Gasteiger partial charge >= 0.3 is 0 Å². The first-order valence-electron chi connectivity index (χ1n) is 8.20. The number of benzene rings is 1. The van der Waals surface area contributed by atoms with Gasteiger partial charge in [-0.3, -0.25) is 9.59 Å². The molecule has 4 rings (SSSR count). The number of nitrogens with zero attached hydrogens (tertiary/aromatic N) is 2. The zero-order chi connectivity index (χ0) is 17.2. The fourth-order valence-electron chi connectivity index (χ4n) is 3.16. The van der Waals surface area contributed by atoms with Crippen LogP contribution in [0.5, 0.6) is 11.5 Å². The summed E-state index contributed by atoms with van der Waals surface area (Å²) in [6.07, 6.45) is 4.81. The molecule has 0 radical (unpaired) electrons. The summed E-state index contributed by atoms with van der Waals surface area (Å²) in [7, 11) is 0. The van der Waals surface area contributed by atoms with E-state index < -0.39 is 0 Å². The van der Waals surface area contributed by atoms with Crippen molar-refractivity contribution in [3.8, 4) is 11.5 Å². The number of nitrogens with one attached hydrogen (secondary N) is 2. The Morgan fingerprint density at radius 2 is 2.20 bits per heavy atom. The van der Waals surface area contributed by atoms with Gasteiger partial charge in [0.15, 0.2) is 17.3 Å². The van der Waals surface area contributed by atoms with Crippen LogP contribution in [0.2, 0.25) is 0 Å². The van der Waals surface area contributed by atoms with Gasteiger partial charge in [0.25, 0.3) is 11.5 Å². The fourth-order valence-corrected chi connectivity index (χ4v) is 3.16. The van der Waals surface area contributed by atoms with Gasteiger partial charge in [-0.1, -0.05) is 0 Å². The van der Waals surface area contributed by atoms with Gasteiger partial charge in [0, 0.05) is 37.1 Å². The molecule has 25 heavy (non-hydrogen) atoms. The summed E-state index contributed by atoms with van der Waals surface area (Å²) in [6, 6.07) is 5.08. The maximum absolute atomic E-state index is 12.5. The van der Waals surface area contributed by atoms with Crippen molar-refractivity contribution in [2.75, 3.05) is 24.8 Å². The minimum atomic E-state index is -0.217. The van der Waals surface area contributed by atoms with Crippen LogP contribution >= 0.6 is 0 Å². The van der Waals surface area contributed by atoms with Gasteiger partial charge in [0.1, 0.15) is 0 Å². The Kier molecular flexibility index (Phi) is 4.01. The predicted octanol–water partition coefficient (Wildman–Crippen LogP) is 0.897. The van der Waals surface area contributed by atoms with Crippen LogP contribution in [0.4, 0.5) is 5.82 Å². The highest BCUT2D eigenvalue weighted by Crippen LogP contribution is 2.32. The lowest BCUT2D eigenvalue weighted by atomic mass is 10.0. The number of piperidine rings is 1. The minimum absolute atomic E-state index is 0.0481. The number of fused-ring (bicyclic) bond motifs is 1. The maximum atomic E-state index is 12.5. The number of aromatic nitrogens is 2. The standard InChI is InChI=1S/C17H18N4O4/c22-16(11-3-4-13-14(8-11)25-10-24-13)20-12-2-1-7-21(9-12)15-17(23)19-6-5-18-15/h3-6,8,12H,1-2,7,9-10H2,(H,19,23)(H,20,22)/t12-/m1/s1. The van der Waals surface area contributed by atoms with E-state index in [1.165, 1.54) is 6.20 Å². The molecule has 130 valence electrons. The van der Waals surface area contributed by atoms with E-state index in [2.05, 4.69) is 15.3 Å². The highest BCUT2D eigenvalue weighted by atomic mass is 16.7. The van der Waals surface area contributed by atoms with E-state index in [0.717, 1.165) is 19.4 Å². The smallest absolute Gasteiger partial charge is 0.290 e. The maximum Gasteiger partial charge on any atom is 0.290 e. The van der Waals surface area contributed by atoms with Crippen LogP contribution in [0.1, 0.15) is 23.2 Å². The molecule has 8 heteroatoms. The number of hydrogen-bond donors (Lipinski definition) is 2. The molecule has 0 aliphatic carbocycles. The van der Waals surface area contributed by atoms with Crippen molar-refractivity contribution in [1.82, 2.24) is 15.3 Å². The number of carbonyl (C=O) groups excluding carboxylic acids is 1. The van der Waals surface area contributed by atoms with E-state index in [0.29, 0.717) is 29.4 Å². The molecular formula is C17H18N4O4. The van der Waals surface area contributed by atoms with E-state index in [-0.39, 0.29) is 24.3 Å². The van der Waals surface area contributed by atoms with E-state index >= 15 is 0 Å². The summed E-state index contributed by atoms with van der Waals surface area (Å²) < 4.78 is 10.6. The van der Waals surface area contributed by atoms with Crippen molar-refractivity contribution in [3.63, 3.8) is 0 Å². The molecule has 2 aliphatic heterocycles. The molecule has 2 aromatic rings. The SMILES string of the molecule is O=C(N[C@@H]1CCCN(c2ncc[nH]c2=O)C1)c1ccc2c(c1)OCO2. The van der Waals surface area contributed by atoms with Gasteiger partial charge in [-0.2, -0.15) is 0 Å². The molecule has 0 bridgehead atoms. The van der Waals surface area contributed by atoms with Crippen LogP contribution in [-0.4, -0.2) is 41.8 Å². The summed E-state index contributed by atoms with van der Waals surface area (Å²) in [4.78, 5) is 33.1. The second-order valence-electron chi connectivity index (χ2n) is 6.07. The van der Waals surface area contributed by atoms with Gasteiger partial charge < -0.3 is 24.7 Å². The predicted molar refractivity (Wildman–Crippen MR) is 90.1 cm³/mol. The topological polar surface area (TPSA) is 96.6 Å². The van der Waals surface area contributed by atoms with E-state index in [1.54, 1.807) is 24.4 Å². The average Bonchev–Trinajstić information content (AvgIpc) is 3.10. The third-order valence-corrected chi connectivity index (χ3v) is 4.38. The molecule has 3 heterocycles. The number of hydrogen-bond acceptors (Lipinski definition) is 6. The third kappa shape index (κ3) is 3.15. The van der Waals surface area contributed by atoms with E-state index in [4.69, 9.17) is 9.47 Å². The number of carbonyl (C=O) groups is 1. The minimum Gasteiger partial charge on any atom is -0.454 e. The number of H-pyrrole nitrogens is 1. The first-order chi connectivity index (χ1) is 12.2. The van der Waals surface area contributed by atoms with E-state index in [1.807, 2.05) is 4.90 Å². The lowest BCUT2D eigenvalue weighted by molar-refractivity contribution is 0.0932. The van der Waals surface area contributed by atoms with Gasteiger partial charge in [0.2, 0.25) is 6.79 Å². The Labute approximate surface area is 143 Å². The van der Waals surface area contributed by atoms with Crippen LogP contribution in [-0.2, 0) is 0 Å². The molecule has 2 N–H and O–H groups in total. The zero-order valence-corrected chi connectivity index (χ0v) is 13.5. The molecule has 0 saturated carbocycles. The number of aromatic amines is 1. The molecule has 1 atom stereocenters. The second-order valence-corrected chi connectivity index (χ2v) is 6.07. The van der Waals surface area contributed by atoms with Crippen LogP contribution in [0.15, 0.2) is 35.4 Å². The molecule has 0 spiro atoms. The van der Waals surface area contributed by atoms with Crippen molar-refractivity contribution < 1.29 is 14.3 Å². The van der Waals surface area contributed by atoms with Crippen LogP contribution < -0.4 is 25.2 Å². The number of amides is 1.